The number of aryl methyl sites for hydroxylation is 1. The number of benzene rings is 1. The maximum absolute atomic E-state index is 12.4. The molecule has 2 heterocycles. The molecule has 5 heteroatoms. The lowest BCUT2D eigenvalue weighted by Crippen LogP contribution is -2.27. The van der Waals surface area contributed by atoms with E-state index in [1.54, 1.807) is 4.90 Å². The second kappa shape index (κ2) is 6.34. The van der Waals surface area contributed by atoms with Crippen molar-refractivity contribution < 1.29 is 4.79 Å². The second-order valence-corrected chi connectivity index (χ2v) is 7.12. The lowest BCUT2D eigenvalue weighted by molar-refractivity contribution is -0.121. The van der Waals surface area contributed by atoms with E-state index in [1.807, 2.05) is 31.2 Å². The molecule has 1 aliphatic heterocycles. The van der Waals surface area contributed by atoms with Crippen LogP contribution in [0.15, 0.2) is 41.4 Å². The third-order valence-corrected chi connectivity index (χ3v) is 5.38. The first-order valence-corrected chi connectivity index (χ1v) is 8.74. The zero-order valence-corrected chi connectivity index (χ0v) is 15.0. The van der Waals surface area contributed by atoms with E-state index < -0.39 is 0 Å². The monoisotopic (exact) mass is 342 g/mol. The molecule has 3 rings (SSSR count). The summed E-state index contributed by atoms with van der Waals surface area (Å²) in [5, 5.41) is 0. The Hall–Kier alpha value is -1.85. The largest absolute Gasteiger partial charge is 0.320 e. The molecular formula is C18H18N2OS2. The maximum atomic E-state index is 12.4. The van der Waals surface area contributed by atoms with Gasteiger partial charge >= 0.3 is 0 Å². The Morgan fingerprint density at radius 3 is 2.52 bits per heavy atom. The third-order valence-electron chi connectivity index (χ3n) is 4.00. The normalized spacial score (nSPS) is 16.7. The van der Waals surface area contributed by atoms with Crippen molar-refractivity contribution in [3.8, 4) is 5.69 Å². The molecule has 0 N–H and O–H groups in total. The van der Waals surface area contributed by atoms with E-state index in [0.29, 0.717) is 15.8 Å². The highest BCUT2D eigenvalue weighted by Gasteiger charge is 2.31. The minimum Gasteiger partial charge on any atom is -0.320 e. The fourth-order valence-electron chi connectivity index (χ4n) is 2.75. The number of carbonyl (C=O) groups is 1. The molecule has 1 fully saturated rings. The Labute approximate surface area is 146 Å². The zero-order chi connectivity index (χ0) is 16.6. The van der Waals surface area contributed by atoms with Gasteiger partial charge in [0.15, 0.2) is 0 Å². The number of thioether (sulfide) groups is 1. The van der Waals surface area contributed by atoms with Crippen molar-refractivity contribution in [1.82, 2.24) is 9.47 Å². The molecule has 118 valence electrons. The van der Waals surface area contributed by atoms with Crippen molar-refractivity contribution in [3.05, 3.63) is 58.3 Å². The van der Waals surface area contributed by atoms with Crippen molar-refractivity contribution in [3.63, 3.8) is 0 Å². The van der Waals surface area contributed by atoms with Crippen molar-refractivity contribution >= 4 is 40.3 Å². The Morgan fingerprint density at radius 2 is 1.91 bits per heavy atom. The number of nitrogens with zero attached hydrogens (tertiary/aromatic N) is 2. The summed E-state index contributed by atoms with van der Waals surface area (Å²) in [5.41, 5.74) is 4.47. The summed E-state index contributed by atoms with van der Waals surface area (Å²) in [6.45, 7) is 6.70. The lowest BCUT2D eigenvalue weighted by Gasteiger charge is -2.09. The third kappa shape index (κ3) is 2.86. The molecule has 1 aliphatic rings. The summed E-state index contributed by atoms with van der Waals surface area (Å²) in [7, 11) is 0. The number of hydrogen-bond acceptors (Lipinski definition) is 3. The van der Waals surface area contributed by atoms with Crippen LogP contribution < -0.4 is 0 Å². The highest BCUT2D eigenvalue weighted by atomic mass is 32.2. The highest BCUT2D eigenvalue weighted by Crippen LogP contribution is 2.34. The van der Waals surface area contributed by atoms with E-state index in [0.717, 1.165) is 22.5 Å². The van der Waals surface area contributed by atoms with Crippen molar-refractivity contribution in [1.29, 1.82) is 0 Å². The highest BCUT2D eigenvalue weighted by molar-refractivity contribution is 8.26. The predicted octanol–water partition coefficient (Wildman–Crippen LogP) is 4.32. The average molecular weight is 342 g/mol. The number of thiocarbonyl (C=S) groups is 1. The van der Waals surface area contributed by atoms with E-state index in [2.05, 4.69) is 36.7 Å². The quantitative estimate of drug-likeness (QED) is 0.614. The molecule has 2 aromatic rings. The maximum Gasteiger partial charge on any atom is 0.266 e. The van der Waals surface area contributed by atoms with Crippen LogP contribution in [0.3, 0.4) is 0 Å². The summed E-state index contributed by atoms with van der Waals surface area (Å²) >= 11 is 6.66. The van der Waals surface area contributed by atoms with Gasteiger partial charge in [-0.05, 0) is 50.1 Å². The molecule has 0 unspecified atom stereocenters. The van der Waals surface area contributed by atoms with E-state index >= 15 is 0 Å². The molecule has 0 bridgehead atoms. The molecule has 1 aromatic carbocycles. The first-order valence-electron chi connectivity index (χ1n) is 7.52. The van der Waals surface area contributed by atoms with Crippen LogP contribution in [-0.4, -0.2) is 26.2 Å². The van der Waals surface area contributed by atoms with Gasteiger partial charge in [-0.25, -0.2) is 0 Å². The molecule has 1 saturated heterocycles. The van der Waals surface area contributed by atoms with Crippen LogP contribution in [0.25, 0.3) is 11.8 Å². The SMILES string of the molecule is CCN1C(=O)/C(=C/c2c(C)cn(-c3ccccc3)c2C)SC1=S. The molecule has 3 nitrogen and oxygen atoms in total. The first kappa shape index (κ1) is 16.0. The molecule has 0 aliphatic carbocycles. The lowest BCUT2D eigenvalue weighted by atomic mass is 10.1. The van der Waals surface area contributed by atoms with Gasteiger partial charge in [-0.15, -0.1) is 0 Å². The Balaban J connectivity index is 2.02. The van der Waals surface area contributed by atoms with Crippen LogP contribution in [-0.2, 0) is 4.79 Å². The van der Waals surface area contributed by atoms with Gasteiger partial charge in [-0.3, -0.25) is 9.69 Å². The minimum atomic E-state index is 0.00811. The number of hydrogen-bond donors (Lipinski definition) is 0. The van der Waals surface area contributed by atoms with Gasteiger partial charge in [-0.2, -0.15) is 0 Å². The van der Waals surface area contributed by atoms with Gasteiger partial charge in [0.2, 0.25) is 0 Å². The summed E-state index contributed by atoms with van der Waals surface area (Å²) in [6.07, 6.45) is 4.08. The van der Waals surface area contributed by atoms with Crippen LogP contribution in [0.1, 0.15) is 23.7 Å². The molecule has 23 heavy (non-hydrogen) atoms. The van der Waals surface area contributed by atoms with Crippen LogP contribution in [0, 0.1) is 13.8 Å². The Kier molecular flexibility index (Phi) is 4.41. The Bertz CT molecular complexity index is 806. The number of para-hydroxylation sites is 1. The molecule has 0 atom stereocenters. The topological polar surface area (TPSA) is 25.2 Å². The fraction of sp³-hybridized carbons (Fsp3) is 0.222. The van der Waals surface area contributed by atoms with Crippen molar-refractivity contribution in [2.45, 2.75) is 20.8 Å². The molecule has 0 spiro atoms. The van der Waals surface area contributed by atoms with Crippen molar-refractivity contribution in [2.24, 2.45) is 0 Å². The van der Waals surface area contributed by atoms with Gasteiger partial charge in [0, 0.05) is 24.1 Å². The van der Waals surface area contributed by atoms with Crippen molar-refractivity contribution in [2.75, 3.05) is 6.54 Å². The van der Waals surface area contributed by atoms with Crippen LogP contribution in [0.4, 0.5) is 0 Å². The van der Waals surface area contributed by atoms with Crippen LogP contribution >= 0.6 is 24.0 Å². The van der Waals surface area contributed by atoms with Gasteiger partial charge in [0.1, 0.15) is 4.32 Å². The van der Waals surface area contributed by atoms with E-state index in [9.17, 15) is 4.79 Å². The summed E-state index contributed by atoms with van der Waals surface area (Å²) in [4.78, 5) is 14.7. The van der Waals surface area contributed by atoms with E-state index in [4.69, 9.17) is 12.2 Å². The van der Waals surface area contributed by atoms with Gasteiger partial charge < -0.3 is 4.57 Å². The first-order chi connectivity index (χ1) is 11.0. The van der Waals surface area contributed by atoms with Gasteiger partial charge in [-0.1, -0.05) is 42.2 Å². The fourth-order valence-corrected chi connectivity index (χ4v) is 4.12. The average Bonchev–Trinajstić information content (AvgIpc) is 2.98. The van der Waals surface area contributed by atoms with Gasteiger partial charge in [0.25, 0.3) is 5.91 Å². The smallest absolute Gasteiger partial charge is 0.266 e. The summed E-state index contributed by atoms with van der Waals surface area (Å²) < 4.78 is 2.79. The van der Waals surface area contributed by atoms with Crippen LogP contribution in [0.2, 0.25) is 0 Å². The number of aromatic nitrogens is 1. The second-order valence-electron chi connectivity index (χ2n) is 5.44. The minimum absolute atomic E-state index is 0.00811. The number of carbonyl (C=O) groups excluding carboxylic acids is 1. The standard InChI is InChI=1S/C18H18N2OS2/c1-4-19-17(21)16(23-18(19)22)10-15-12(2)11-20(13(15)3)14-8-6-5-7-9-14/h5-11H,4H2,1-3H3/b16-10-. The zero-order valence-electron chi connectivity index (χ0n) is 13.4. The number of likely N-dealkylation sites (N-methyl/N-ethyl adjacent to an activating group) is 1. The predicted molar refractivity (Wildman–Crippen MR) is 101 cm³/mol. The Morgan fingerprint density at radius 1 is 1.22 bits per heavy atom. The molecule has 0 saturated carbocycles. The summed E-state index contributed by atoms with van der Waals surface area (Å²) in [5.74, 6) is 0.00811. The molecular weight excluding hydrogens is 324 g/mol. The number of rotatable bonds is 3. The van der Waals surface area contributed by atoms with E-state index in [1.165, 1.54) is 11.8 Å². The number of amides is 1. The van der Waals surface area contributed by atoms with Gasteiger partial charge in [0.05, 0.1) is 4.91 Å². The van der Waals surface area contributed by atoms with E-state index in [-0.39, 0.29) is 5.91 Å². The summed E-state index contributed by atoms with van der Waals surface area (Å²) in [6, 6.07) is 10.2. The molecule has 0 radical (unpaired) electrons. The van der Waals surface area contributed by atoms with Crippen LogP contribution in [0.5, 0.6) is 0 Å². The molecule has 1 amide bonds. The molecule has 1 aromatic heterocycles.